The second-order valence-corrected chi connectivity index (χ2v) is 6.43. The van der Waals surface area contributed by atoms with Crippen molar-refractivity contribution in [3.63, 3.8) is 0 Å². The average Bonchev–Trinajstić information content (AvgIpc) is 3.04. The molecule has 1 amide bonds. The van der Waals surface area contributed by atoms with Gasteiger partial charge in [0.05, 0.1) is 12.5 Å². The molecule has 3 N–H and O–H groups in total. The predicted molar refractivity (Wildman–Crippen MR) is 103 cm³/mol. The molecule has 2 atom stereocenters. The van der Waals surface area contributed by atoms with Gasteiger partial charge in [-0.25, -0.2) is 14.4 Å². The molecule has 0 aliphatic heterocycles. The molecule has 1 unspecified atom stereocenters. The first-order chi connectivity index (χ1) is 14.3. The van der Waals surface area contributed by atoms with Crippen LogP contribution in [-0.4, -0.2) is 45.1 Å². The van der Waals surface area contributed by atoms with Crippen LogP contribution in [0.25, 0.3) is 0 Å². The number of nitrogens with one attached hydrogen (secondary N) is 1. The number of aromatic hydroxyl groups is 2. The van der Waals surface area contributed by atoms with E-state index < -0.39 is 48.4 Å². The van der Waals surface area contributed by atoms with Crippen molar-refractivity contribution < 1.29 is 38.9 Å². The minimum absolute atomic E-state index is 0.0324. The van der Waals surface area contributed by atoms with Crippen molar-refractivity contribution in [2.75, 3.05) is 0 Å². The summed E-state index contributed by atoms with van der Waals surface area (Å²) in [6.07, 6.45) is -1.45. The third-order valence-electron chi connectivity index (χ3n) is 4.04. The monoisotopic (exact) mass is 420 g/mol. The van der Waals surface area contributed by atoms with Crippen molar-refractivity contribution in [3.8, 4) is 11.8 Å². The molecule has 0 saturated heterocycles. The zero-order valence-electron chi connectivity index (χ0n) is 16.6. The Bertz CT molecular complexity index is 845. The second kappa shape index (κ2) is 10.7. The number of alkyl carbamates (subject to hydrolysis) is 1. The highest BCUT2D eigenvalue weighted by Crippen LogP contribution is 2.19. The number of ether oxygens (including phenoxy) is 2. The number of benzene rings is 1. The van der Waals surface area contributed by atoms with E-state index in [4.69, 9.17) is 14.3 Å². The lowest BCUT2D eigenvalue weighted by molar-refractivity contribution is -0.156. The van der Waals surface area contributed by atoms with Crippen LogP contribution in [0.15, 0.2) is 42.5 Å². The van der Waals surface area contributed by atoms with Crippen LogP contribution in [0.4, 0.5) is 4.79 Å². The maximum absolute atomic E-state index is 12.4. The van der Waals surface area contributed by atoms with Gasteiger partial charge in [-0.1, -0.05) is 37.3 Å². The van der Waals surface area contributed by atoms with Crippen molar-refractivity contribution in [2.45, 2.75) is 45.4 Å². The van der Waals surface area contributed by atoms with Gasteiger partial charge in [-0.05, 0) is 18.9 Å². The molecule has 2 rings (SSSR count). The minimum atomic E-state index is -1.39. The largest absolute Gasteiger partial charge is 0.492 e. The Kier molecular flexibility index (Phi) is 8.09. The van der Waals surface area contributed by atoms with Crippen LogP contribution in [0.2, 0.25) is 0 Å². The Labute approximate surface area is 172 Å². The summed E-state index contributed by atoms with van der Waals surface area (Å²) in [6, 6.07) is 9.72. The summed E-state index contributed by atoms with van der Waals surface area (Å²) >= 11 is 0. The number of hydrogen-bond donors (Lipinski definition) is 3. The summed E-state index contributed by atoms with van der Waals surface area (Å²) < 4.78 is 10.7. The molecule has 162 valence electrons. The molecular weight excluding hydrogens is 396 g/mol. The molecule has 0 radical (unpaired) electrons. The molecule has 10 heteroatoms. The number of amides is 1. The normalized spacial score (nSPS) is 12.5. The van der Waals surface area contributed by atoms with Gasteiger partial charge < -0.3 is 29.8 Å². The van der Waals surface area contributed by atoms with Gasteiger partial charge in [0, 0.05) is 12.1 Å². The molecule has 1 aromatic carbocycles. The number of esters is 1. The van der Waals surface area contributed by atoms with Crippen molar-refractivity contribution in [1.82, 2.24) is 10.0 Å². The molecule has 0 aliphatic carbocycles. The Balaban J connectivity index is 2.01. The summed E-state index contributed by atoms with van der Waals surface area (Å²) in [6.45, 7) is 3.44. The molecule has 0 saturated carbocycles. The number of rotatable bonds is 9. The SMILES string of the molecule is CCC(C)OC(=O)[C@H](CC(=O)On1c(O)ccc1O)NC(=O)OCc1ccccc1. The lowest BCUT2D eigenvalue weighted by atomic mass is 10.2. The fraction of sp³-hybridized carbons (Fsp3) is 0.350. The van der Waals surface area contributed by atoms with E-state index in [0.717, 1.165) is 17.7 Å². The summed E-state index contributed by atoms with van der Waals surface area (Å²) in [5.41, 5.74) is 0.740. The molecule has 1 aromatic heterocycles. The van der Waals surface area contributed by atoms with Crippen molar-refractivity contribution in [1.29, 1.82) is 0 Å². The highest BCUT2D eigenvalue weighted by molar-refractivity contribution is 5.86. The molecule has 30 heavy (non-hydrogen) atoms. The van der Waals surface area contributed by atoms with Gasteiger partial charge in [-0.15, -0.1) is 4.73 Å². The highest BCUT2D eigenvalue weighted by atomic mass is 16.7. The summed E-state index contributed by atoms with van der Waals surface area (Å²) in [4.78, 5) is 41.5. The van der Waals surface area contributed by atoms with E-state index in [-0.39, 0.29) is 6.61 Å². The van der Waals surface area contributed by atoms with Crippen LogP contribution in [0.5, 0.6) is 11.8 Å². The fourth-order valence-corrected chi connectivity index (χ4v) is 2.27. The van der Waals surface area contributed by atoms with Gasteiger partial charge in [0.15, 0.2) is 0 Å². The molecular formula is C20H24N2O8. The maximum atomic E-state index is 12.4. The third-order valence-corrected chi connectivity index (χ3v) is 4.04. The Morgan fingerprint density at radius 3 is 2.30 bits per heavy atom. The third kappa shape index (κ3) is 6.73. The predicted octanol–water partition coefficient (Wildman–Crippen LogP) is 1.88. The fourth-order valence-electron chi connectivity index (χ4n) is 2.27. The number of hydrogen-bond acceptors (Lipinski definition) is 8. The van der Waals surface area contributed by atoms with E-state index in [0.29, 0.717) is 11.2 Å². The van der Waals surface area contributed by atoms with Gasteiger partial charge >= 0.3 is 18.0 Å². The molecule has 0 fully saturated rings. The van der Waals surface area contributed by atoms with Crippen LogP contribution >= 0.6 is 0 Å². The average molecular weight is 420 g/mol. The summed E-state index contributed by atoms with van der Waals surface area (Å²) in [5, 5.41) is 21.4. The van der Waals surface area contributed by atoms with Crippen molar-refractivity contribution >= 4 is 18.0 Å². The van der Waals surface area contributed by atoms with E-state index in [1.54, 1.807) is 38.1 Å². The molecule has 0 aliphatic rings. The number of nitrogens with zero attached hydrogens (tertiary/aromatic N) is 1. The van der Waals surface area contributed by atoms with Crippen LogP contribution < -0.4 is 10.2 Å². The van der Waals surface area contributed by atoms with Crippen LogP contribution in [0.1, 0.15) is 32.3 Å². The maximum Gasteiger partial charge on any atom is 0.408 e. The zero-order valence-corrected chi connectivity index (χ0v) is 16.6. The van der Waals surface area contributed by atoms with Gasteiger partial charge in [0.2, 0.25) is 11.8 Å². The van der Waals surface area contributed by atoms with Crippen molar-refractivity contribution in [2.24, 2.45) is 0 Å². The van der Waals surface area contributed by atoms with Crippen molar-refractivity contribution in [3.05, 3.63) is 48.0 Å². The molecule has 10 nitrogen and oxygen atoms in total. The Morgan fingerprint density at radius 2 is 1.70 bits per heavy atom. The summed E-state index contributed by atoms with van der Waals surface area (Å²) in [5.74, 6) is -2.89. The van der Waals surface area contributed by atoms with Crippen LogP contribution in [0, 0.1) is 0 Å². The number of carbonyl (C=O) groups is 3. The molecule has 0 spiro atoms. The quantitative estimate of drug-likeness (QED) is 0.523. The Hall–Kier alpha value is -3.69. The Morgan fingerprint density at radius 1 is 1.07 bits per heavy atom. The van der Waals surface area contributed by atoms with E-state index in [2.05, 4.69) is 5.32 Å². The highest BCUT2D eigenvalue weighted by Gasteiger charge is 2.29. The smallest absolute Gasteiger partial charge is 0.408 e. The number of carbonyl (C=O) groups excluding carboxylic acids is 3. The van der Waals surface area contributed by atoms with E-state index in [9.17, 15) is 24.6 Å². The first kappa shape index (κ1) is 22.6. The van der Waals surface area contributed by atoms with Crippen LogP contribution in [-0.2, 0) is 25.7 Å². The summed E-state index contributed by atoms with van der Waals surface area (Å²) in [7, 11) is 0. The van der Waals surface area contributed by atoms with Gasteiger partial charge in [0.1, 0.15) is 12.6 Å². The van der Waals surface area contributed by atoms with Gasteiger partial charge in [-0.3, -0.25) is 0 Å². The van der Waals surface area contributed by atoms with E-state index in [1.807, 2.05) is 6.07 Å². The molecule has 2 aromatic rings. The molecule has 0 bridgehead atoms. The lowest BCUT2D eigenvalue weighted by Crippen LogP contribution is -2.45. The minimum Gasteiger partial charge on any atom is -0.492 e. The molecule has 1 heterocycles. The van der Waals surface area contributed by atoms with Gasteiger partial charge in [-0.2, -0.15) is 0 Å². The number of aromatic nitrogens is 1. The van der Waals surface area contributed by atoms with E-state index >= 15 is 0 Å². The lowest BCUT2D eigenvalue weighted by Gasteiger charge is -2.19. The van der Waals surface area contributed by atoms with E-state index in [1.165, 1.54) is 0 Å². The van der Waals surface area contributed by atoms with Gasteiger partial charge in [0.25, 0.3) is 0 Å². The topological polar surface area (TPSA) is 136 Å². The zero-order chi connectivity index (χ0) is 22.1. The first-order valence-electron chi connectivity index (χ1n) is 9.28. The first-order valence-corrected chi connectivity index (χ1v) is 9.28. The standard InChI is InChI=1S/C20H24N2O8/c1-3-13(2)29-19(26)15(11-18(25)30-22-16(23)9-10-17(22)24)21-20(27)28-12-14-7-5-4-6-8-14/h4-10,13,15,23-24H,3,11-12H2,1-2H3,(H,21,27)/t13?,15-/m0/s1. The van der Waals surface area contributed by atoms with Crippen LogP contribution in [0.3, 0.4) is 0 Å². The second-order valence-electron chi connectivity index (χ2n) is 6.43.